The van der Waals surface area contributed by atoms with Crippen LogP contribution >= 0.6 is 0 Å². The Balaban J connectivity index is 2.66. The van der Waals surface area contributed by atoms with Gasteiger partial charge in [0.05, 0.1) is 27.2 Å². The Morgan fingerprint density at radius 2 is 2.00 bits per heavy atom. The van der Waals surface area contributed by atoms with Crippen LogP contribution in [0.2, 0.25) is 0 Å². The summed E-state index contributed by atoms with van der Waals surface area (Å²) < 4.78 is 14.8. The lowest BCUT2D eigenvalue weighted by Crippen LogP contribution is -2.25. The van der Waals surface area contributed by atoms with E-state index in [9.17, 15) is 9.59 Å². The molecule has 1 heterocycles. The quantitative estimate of drug-likeness (QED) is 0.710. The van der Waals surface area contributed by atoms with Crippen LogP contribution in [-0.2, 0) is 20.8 Å². The predicted molar refractivity (Wildman–Crippen MR) is 72.4 cm³/mol. The van der Waals surface area contributed by atoms with Gasteiger partial charge in [0.25, 0.3) is 0 Å². The fourth-order valence-corrected chi connectivity index (χ4v) is 1.84. The van der Waals surface area contributed by atoms with E-state index in [1.54, 1.807) is 6.92 Å². The van der Waals surface area contributed by atoms with E-state index in [-0.39, 0.29) is 11.7 Å². The van der Waals surface area contributed by atoms with Gasteiger partial charge in [-0.05, 0) is 19.5 Å². The maximum atomic E-state index is 11.5. The van der Waals surface area contributed by atoms with Crippen LogP contribution in [0.15, 0.2) is 10.5 Å². The summed E-state index contributed by atoms with van der Waals surface area (Å²) in [5.74, 6) is 0.182. The average Bonchev–Trinajstić information content (AvgIpc) is 2.82. The fourth-order valence-electron chi connectivity index (χ4n) is 1.84. The molecule has 1 aromatic heterocycles. The van der Waals surface area contributed by atoms with Crippen molar-refractivity contribution < 1.29 is 23.5 Å². The molecule has 0 aromatic carbocycles. The highest BCUT2D eigenvalue weighted by molar-refractivity contribution is 5.87. The van der Waals surface area contributed by atoms with Crippen molar-refractivity contribution in [2.45, 2.75) is 26.8 Å². The van der Waals surface area contributed by atoms with Crippen molar-refractivity contribution in [2.24, 2.45) is 0 Å². The van der Waals surface area contributed by atoms with Gasteiger partial charge in [-0.2, -0.15) is 0 Å². The monoisotopic (exact) mass is 283 g/mol. The highest BCUT2D eigenvalue weighted by Gasteiger charge is 2.17. The highest BCUT2D eigenvalue weighted by atomic mass is 16.5. The number of nitrogens with zero attached hydrogens (tertiary/aromatic N) is 1. The van der Waals surface area contributed by atoms with Crippen LogP contribution in [0, 0.1) is 6.92 Å². The van der Waals surface area contributed by atoms with Crippen molar-refractivity contribution in [1.82, 2.24) is 4.90 Å². The number of hydrogen-bond acceptors (Lipinski definition) is 6. The summed E-state index contributed by atoms with van der Waals surface area (Å²) in [7, 11) is 2.69. The van der Waals surface area contributed by atoms with Gasteiger partial charge in [-0.1, -0.05) is 6.92 Å². The summed E-state index contributed by atoms with van der Waals surface area (Å²) in [6, 6.07) is 1.81. The third-order valence-electron chi connectivity index (χ3n) is 3.03. The fraction of sp³-hybridized carbons (Fsp3) is 0.571. The molecule has 20 heavy (non-hydrogen) atoms. The molecule has 0 radical (unpaired) electrons. The van der Waals surface area contributed by atoms with Crippen molar-refractivity contribution in [2.75, 3.05) is 27.3 Å². The molecule has 0 N–H and O–H groups in total. The summed E-state index contributed by atoms with van der Waals surface area (Å²) >= 11 is 0. The van der Waals surface area contributed by atoms with Gasteiger partial charge in [-0.15, -0.1) is 0 Å². The molecular weight excluding hydrogens is 262 g/mol. The molecule has 0 saturated carbocycles. The molecule has 0 aliphatic carbocycles. The maximum Gasteiger partial charge on any atom is 0.374 e. The Morgan fingerprint density at radius 3 is 2.55 bits per heavy atom. The number of carbonyl (C=O) groups is 2. The van der Waals surface area contributed by atoms with Crippen molar-refractivity contribution in [3.8, 4) is 0 Å². The molecular formula is C14H21NO5. The molecule has 112 valence electrons. The molecule has 0 fully saturated rings. The first-order chi connectivity index (χ1) is 9.51. The van der Waals surface area contributed by atoms with Crippen LogP contribution in [0.3, 0.4) is 0 Å². The number of aryl methyl sites for hydroxylation is 1. The molecule has 6 heteroatoms. The van der Waals surface area contributed by atoms with Crippen LogP contribution in [0.1, 0.15) is 35.2 Å². The van der Waals surface area contributed by atoms with Crippen molar-refractivity contribution in [3.63, 3.8) is 0 Å². The third kappa shape index (κ3) is 4.38. The first kappa shape index (κ1) is 16.2. The molecule has 6 nitrogen and oxygen atoms in total. The van der Waals surface area contributed by atoms with Gasteiger partial charge in [0.15, 0.2) is 0 Å². The number of methoxy groups -OCH3 is 2. The van der Waals surface area contributed by atoms with Crippen molar-refractivity contribution in [3.05, 3.63) is 23.2 Å². The van der Waals surface area contributed by atoms with E-state index in [2.05, 4.69) is 9.47 Å². The highest BCUT2D eigenvalue weighted by Crippen LogP contribution is 2.17. The second-order valence-electron chi connectivity index (χ2n) is 4.41. The summed E-state index contributed by atoms with van der Waals surface area (Å²) in [6.45, 7) is 5.67. The minimum Gasteiger partial charge on any atom is -0.469 e. The largest absolute Gasteiger partial charge is 0.469 e. The third-order valence-corrected chi connectivity index (χ3v) is 3.03. The Kier molecular flexibility index (Phi) is 6.24. The lowest BCUT2D eigenvalue weighted by molar-refractivity contribution is -0.141. The van der Waals surface area contributed by atoms with Crippen LogP contribution in [0.5, 0.6) is 0 Å². The van der Waals surface area contributed by atoms with E-state index in [4.69, 9.17) is 4.42 Å². The minimum absolute atomic E-state index is 0.228. The zero-order valence-corrected chi connectivity index (χ0v) is 12.4. The Bertz CT molecular complexity index is 466. The van der Waals surface area contributed by atoms with E-state index >= 15 is 0 Å². The van der Waals surface area contributed by atoms with E-state index in [0.29, 0.717) is 25.3 Å². The maximum absolute atomic E-state index is 11.5. The molecule has 1 aromatic rings. The van der Waals surface area contributed by atoms with Crippen LogP contribution in [-0.4, -0.2) is 44.1 Å². The first-order valence-corrected chi connectivity index (χ1v) is 6.48. The number of hydrogen-bond donors (Lipinski definition) is 0. The second kappa shape index (κ2) is 7.69. The van der Waals surface area contributed by atoms with Gasteiger partial charge in [0, 0.05) is 12.1 Å². The zero-order valence-electron chi connectivity index (χ0n) is 12.4. The van der Waals surface area contributed by atoms with Gasteiger partial charge in [-0.3, -0.25) is 9.69 Å². The number of esters is 2. The summed E-state index contributed by atoms with van der Waals surface area (Å²) in [6.07, 6.45) is 0.327. The summed E-state index contributed by atoms with van der Waals surface area (Å²) in [5.41, 5.74) is 0.746. The number of rotatable bonds is 7. The summed E-state index contributed by atoms with van der Waals surface area (Å²) in [5, 5.41) is 0. The van der Waals surface area contributed by atoms with Crippen molar-refractivity contribution >= 4 is 11.9 Å². The predicted octanol–water partition coefficient (Wildman–Crippen LogP) is 1.76. The lowest BCUT2D eigenvalue weighted by Gasteiger charge is -2.18. The molecule has 1 rings (SSSR count). The van der Waals surface area contributed by atoms with Crippen LogP contribution in [0.25, 0.3) is 0 Å². The Morgan fingerprint density at radius 1 is 1.30 bits per heavy atom. The minimum atomic E-state index is -0.480. The van der Waals surface area contributed by atoms with Crippen LogP contribution < -0.4 is 0 Å². The molecule has 0 aliphatic heterocycles. The molecule has 0 spiro atoms. The van der Waals surface area contributed by atoms with E-state index in [1.807, 2.05) is 17.9 Å². The van der Waals surface area contributed by atoms with Gasteiger partial charge in [0.1, 0.15) is 5.76 Å². The lowest BCUT2D eigenvalue weighted by atomic mass is 10.2. The molecule has 0 saturated heterocycles. The topological polar surface area (TPSA) is 69.0 Å². The Hall–Kier alpha value is -1.82. The summed E-state index contributed by atoms with van der Waals surface area (Å²) in [4.78, 5) is 24.6. The van der Waals surface area contributed by atoms with Crippen molar-refractivity contribution in [1.29, 1.82) is 0 Å². The average molecular weight is 283 g/mol. The molecule has 0 bridgehead atoms. The van der Waals surface area contributed by atoms with Gasteiger partial charge in [0.2, 0.25) is 5.76 Å². The molecule has 0 amide bonds. The number of ether oxygens (including phenoxy) is 2. The van der Waals surface area contributed by atoms with Gasteiger partial charge < -0.3 is 13.9 Å². The standard InChI is InChI=1S/C14H21NO5/c1-5-15(7-6-12(16)18-3)9-11-8-10(2)13(20-11)14(17)19-4/h8H,5-7,9H2,1-4H3. The SMILES string of the molecule is CCN(CCC(=O)OC)Cc1cc(C)c(C(=O)OC)o1. The Labute approximate surface area is 118 Å². The van der Waals surface area contributed by atoms with Crippen LogP contribution in [0.4, 0.5) is 0 Å². The molecule has 0 unspecified atom stereocenters. The number of carbonyl (C=O) groups excluding carboxylic acids is 2. The number of furan rings is 1. The first-order valence-electron chi connectivity index (χ1n) is 6.48. The molecule has 0 aliphatic rings. The van der Waals surface area contributed by atoms with Gasteiger partial charge >= 0.3 is 11.9 Å². The second-order valence-corrected chi connectivity index (χ2v) is 4.41. The van der Waals surface area contributed by atoms with Gasteiger partial charge in [-0.25, -0.2) is 4.79 Å². The van der Waals surface area contributed by atoms with E-state index in [1.165, 1.54) is 14.2 Å². The smallest absolute Gasteiger partial charge is 0.374 e. The molecule has 0 atom stereocenters. The zero-order chi connectivity index (χ0) is 15.1. The van der Waals surface area contributed by atoms with E-state index < -0.39 is 5.97 Å². The van der Waals surface area contributed by atoms with E-state index in [0.717, 1.165) is 12.1 Å². The normalized spacial score (nSPS) is 10.7.